The van der Waals surface area contributed by atoms with E-state index in [0.29, 0.717) is 6.61 Å². The minimum absolute atomic E-state index is 0.0391. The molecule has 0 aliphatic rings. The van der Waals surface area contributed by atoms with Crippen molar-refractivity contribution in [3.05, 3.63) is 30.2 Å². The molecule has 4 N–H and O–H groups in total. The zero-order chi connectivity index (χ0) is 31.9. The number of carbonyl (C=O) groups is 3. The van der Waals surface area contributed by atoms with E-state index in [2.05, 4.69) is 40.0 Å². The Balaban J connectivity index is 2.56. The molecule has 0 aliphatic carbocycles. The van der Waals surface area contributed by atoms with Gasteiger partial charge in [0, 0.05) is 32.1 Å². The highest BCUT2D eigenvalue weighted by Gasteiger charge is 2.39. The van der Waals surface area contributed by atoms with E-state index in [1.807, 2.05) is 5.32 Å². The number of nitrogens with one attached hydrogen (secondary N) is 3. The minimum Gasteiger partial charge on any atom is -0.453 e. The molecule has 12 nitrogen and oxygen atoms in total. The molecule has 0 spiro atoms. The first kappa shape index (κ1) is 34.6. The molecule has 16 heteroatoms. The molecule has 1 aromatic heterocycles. The first-order valence-electron chi connectivity index (χ1n) is 13.0. The molecule has 2 aromatic rings. The van der Waals surface area contributed by atoms with E-state index in [9.17, 15) is 32.7 Å². The summed E-state index contributed by atoms with van der Waals surface area (Å²) in [4.78, 5) is 40.4. The van der Waals surface area contributed by atoms with E-state index < -0.39 is 50.6 Å². The van der Waals surface area contributed by atoms with Crippen LogP contribution in [0.15, 0.2) is 24.4 Å². The average molecular weight is 618 g/mol. The van der Waals surface area contributed by atoms with Crippen molar-refractivity contribution in [2.75, 3.05) is 31.0 Å². The van der Waals surface area contributed by atoms with Crippen LogP contribution in [0, 0.1) is 0 Å². The first-order valence-corrected chi connectivity index (χ1v) is 16.7. The van der Waals surface area contributed by atoms with E-state index in [0.717, 1.165) is 19.2 Å². The van der Waals surface area contributed by atoms with E-state index in [1.165, 1.54) is 22.9 Å². The van der Waals surface area contributed by atoms with Crippen molar-refractivity contribution in [1.82, 2.24) is 14.9 Å². The van der Waals surface area contributed by atoms with Gasteiger partial charge in [-0.3, -0.25) is 10.1 Å². The van der Waals surface area contributed by atoms with Gasteiger partial charge in [0.25, 0.3) is 0 Å². The number of halogens is 3. The molecule has 1 aromatic carbocycles. The highest BCUT2D eigenvalue weighted by Crippen LogP contribution is 2.33. The molecule has 3 amide bonds. The summed E-state index contributed by atoms with van der Waals surface area (Å²) in [5.74, 6) is -2.12. The predicted octanol–water partition coefficient (Wildman–Crippen LogP) is 5.10. The number of hydrogen-bond acceptors (Lipinski definition) is 8. The summed E-state index contributed by atoms with van der Waals surface area (Å²) < 4.78 is 56.5. The Morgan fingerprint density at radius 2 is 1.76 bits per heavy atom. The van der Waals surface area contributed by atoms with Crippen LogP contribution < -0.4 is 16.0 Å². The van der Waals surface area contributed by atoms with Crippen LogP contribution in [0.5, 0.6) is 0 Å². The van der Waals surface area contributed by atoms with Crippen LogP contribution in [0.4, 0.5) is 34.1 Å². The number of nitrogens with zero attached hydrogens (tertiary/aromatic N) is 2. The number of hydrogen-bond donors (Lipinski definition) is 4. The molecule has 0 aliphatic heterocycles. The summed E-state index contributed by atoms with van der Waals surface area (Å²) >= 11 is 0. The van der Waals surface area contributed by atoms with Crippen LogP contribution in [0.3, 0.4) is 0 Å². The summed E-state index contributed by atoms with van der Waals surface area (Å²) in [6.45, 7) is 11.3. The number of rotatable bonds is 11. The third-order valence-electron chi connectivity index (χ3n) is 5.45. The fourth-order valence-corrected chi connectivity index (χ4v) is 4.19. The van der Waals surface area contributed by atoms with Gasteiger partial charge in [-0.1, -0.05) is 19.6 Å². The van der Waals surface area contributed by atoms with Gasteiger partial charge in [0.05, 0.1) is 25.1 Å². The van der Waals surface area contributed by atoms with Crippen molar-refractivity contribution < 1.29 is 46.9 Å². The topological polar surface area (TPSA) is 153 Å². The van der Waals surface area contributed by atoms with Gasteiger partial charge in [0.2, 0.25) is 0 Å². The normalized spacial score (nSPS) is 12.8. The molecule has 1 heterocycles. The molecular weight excluding hydrogens is 579 g/mol. The molecule has 0 saturated carbocycles. The Morgan fingerprint density at radius 3 is 2.31 bits per heavy atom. The van der Waals surface area contributed by atoms with Crippen molar-refractivity contribution >= 4 is 37.5 Å². The van der Waals surface area contributed by atoms with Gasteiger partial charge in [-0.25, -0.2) is 14.6 Å². The molecule has 0 radical (unpaired) electrons. The monoisotopic (exact) mass is 617 g/mol. The number of methoxy groups -OCH3 is 1. The Kier molecular flexibility index (Phi) is 11.5. The smallest absolute Gasteiger partial charge is 0.453 e. The number of ether oxygens (including phenoxy) is 3. The SMILES string of the molecule is COC(=O)Nc1ccc(-c2cn(COCC[Si](C)(C)C)c([C@H](CO)NC(=O)OC(C)(C)C)n2)c(NC(=O)C(F)(F)F)c1. The summed E-state index contributed by atoms with van der Waals surface area (Å²) in [6, 6.07) is 3.60. The van der Waals surface area contributed by atoms with Crippen LogP contribution in [0.25, 0.3) is 11.3 Å². The minimum atomic E-state index is -5.20. The number of aliphatic hydroxyl groups excluding tert-OH is 1. The summed E-state index contributed by atoms with van der Waals surface area (Å²) in [7, 11) is -0.313. The van der Waals surface area contributed by atoms with Crippen LogP contribution in [-0.4, -0.2) is 72.9 Å². The molecule has 42 heavy (non-hydrogen) atoms. The second-order valence-corrected chi connectivity index (χ2v) is 17.1. The van der Waals surface area contributed by atoms with Crippen molar-refractivity contribution in [1.29, 1.82) is 0 Å². The lowest BCUT2D eigenvalue weighted by Crippen LogP contribution is -2.37. The van der Waals surface area contributed by atoms with Crippen LogP contribution >= 0.6 is 0 Å². The van der Waals surface area contributed by atoms with Gasteiger partial charge in [0.1, 0.15) is 24.2 Å². The molecule has 2 rings (SSSR count). The number of amides is 3. The third-order valence-corrected chi connectivity index (χ3v) is 7.16. The van der Waals surface area contributed by atoms with Gasteiger partial charge in [0.15, 0.2) is 0 Å². The van der Waals surface area contributed by atoms with Crippen LogP contribution in [0.1, 0.15) is 32.6 Å². The number of alkyl halides is 3. The zero-order valence-corrected chi connectivity index (χ0v) is 25.6. The van der Waals surface area contributed by atoms with E-state index in [-0.39, 0.29) is 35.2 Å². The Bertz CT molecular complexity index is 1260. The third kappa shape index (κ3) is 11.0. The average Bonchev–Trinajstić information content (AvgIpc) is 3.26. The predicted molar refractivity (Wildman–Crippen MR) is 152 cm³/mol. The number of aromatic nitrogens is 2. The van der Waals surface area contributed by atoms with Gasteiger partial charge in [-0.2, -0.15) is 13.2 Å². The highest BCUT2D eigenvalue weighted by atomic mass is 28.3. The maximum absolute atomic E-state index is 13.1. The highest BCUT2D eigenvalue weighted by molar-refractivity contribution is 6.76. The van der Waals surface area contributed by atoms with E-state index in [1.54, 1.807) is 20.8 Å². The number of benzene rings is 1. The molecule has 0 bridgehead atoms. The number of imidazole rings is 1. The van der Waals surface area contributed by atoms with Crippen LogP contribution in [0.2, 0.25) is 25.7 Å². The summed E-state index contributed by atoms with van der Waals surface area (Å²) in [5, 5.41) is 16.8. The largest absolute Gasteiger partial charge is 0.471 e. The fourth-order valence-electron chi connectivity index (χ4n) is 3.44. The van der Waals surface area contributed by atoms with Crippen LogP contribution in [-0.2, 0) is 25.7 Å². The lowest BCUT2D eigenvalue weighted by Gasteiger charge is -2.23. The van der Waals surface area contributed by atoms with E-state index in [4.69, 9.17) is 9.47 Å². The zero-order valence-electron chi connectivity index (χ0n) is 24.6. The lowest BCUT2D eigenvalue weighted by atomic mass is 10.1. The molecule has 0 unspecified atom stereocenters. The molecule has 0 fully saturated rings. The molecular formula is C26H38F3N5O7Si. The fraction of sp³-hybridized carbons (Fsp3) is 0.538. The van der Waals surface area contributed by atoms with Gasteiger partial charge >= 0.3 is 24.3 Å². The van der Waals surface area contributed by atoms with Crippen molar-refractivity contribution in [2.24, 2.45) is 0 Å². The molecule has 1 atom stereocenters. The van der Waals surface area contributed by atoms with Gasteiger partial charge in [-0.15, -0.1) is 0 Å². The standard InChI is InChI=1S/C26H38F3N5O7Si/c1-25(2,3)41-24(38)33-20(14-35)21-31-19(13-34(21)15-40-10-11-42(5,6)7)17-9-8-16(30-23(37)39-4)12-18(17)32-22(36)26(27,28)29/h8-9,12-13,20,35H,10-11,14-15H2,1-7H3,(H,30,37)(H,32,36)(H,33,38)/t20-/m0/s1. The Labute approximate surface area is 242 Å². The van der Waals surface area contributed by atoms with E-state index >= 15 is 0 Å². The summed E-state index contributed by atoms with van der Waals surface area (Å²) in [6.07, 6.45) is -5.45. The summed E-state index contributed by atoms with van der Waals surface area (Å²) in [5.41, 5.74) is -0.958. The number of carbonyl (C=O) groups excluding carboxylic acids is 3. The molecule has 0 saturated heterocycles. The van der Waals surface area contributed by atoms with Gasteiger partial charge in [-0.05, 0) is 45.0 Å². The van der Waals surface area contributed by atoms with Gasteiger partial charge < -0.3 is 34.5 Å². The Hall–Kier alpha value is -3.63. The number of anilines is 2. The quantitative estimate of drug-likeness (QED) is 0.201. The maximum Gasteiger partial charge on any atom is 0.471 e. The molecule has 234 valence electrons. The maximum atomic E-state index is 13.1. The van der Waals surface area contributed by atoms with Crippen molar-refractivity contribution in [3.8, 4) is 11.3 Å². The first-order chi connectivity index (χ1) is 19.3. The number of alkyl carbamates (subject to hydrolysis) is 1. The second kappa shape index (κ2) is 14.0. The second-order valence-electron chi connectivity index (χ2n) is 11.5. The van der Waals surface area contributed by atoms with Crippen molar-refractivity contribution in [2.45, 2.75) is 71.0 Å². The number of aliphatic hydroxyl groups is 1. The lowest BCUT2D eigenvalue weighted by molar-refractivity contribution is -0.167. The Morgan fingerprint density at radius 1 is 1.10 bits per heavy atom. The van der Waals surface area contributed by atoms with Crippen molar-refractivity contribution in [3.63, 3.8) is 0 Å².